The first-order valence-electron chi connectivity index (χ1n) is 17.5. The lowest BCUT2D eigenvalue weighted by Gasteiger charge is -2.33. The van der Waals surface area contributed by atoms with Crippen LogP contribution in [0.1, 0.15) is 39.8 Å². The number of rotatable bonds is 17. The average Bonchev–Trinajstić information content (AvgIpc) is 3.88. The van der Waals surface area contributed by atoms with Crippen LogP contribution < -0.4 is 9.47 Å². The van der Waals surface area contributed by atoms with Gasteiger partial charge in [0.25, 0.3) is 0 Å². The molecule has 0 amide bonds. The minimum absolute atomic E-state index is 0.0217. The van der Waals surface area contributed by atoms with E-state index < -0.39 is 24.0 Å². The number of H-pyrrole nitrogens is 2. The van der Waals surface area contributed by atoms with Crippen LogP contribution in [0.25, 0.3) is 10.8 Å². The zero-order chi connectivity index (χ0) is 36.7. The fourth-order valence-corrected chi connectivity index (χ4v) is 7.44. The smallest absolute Gasteiger partial charge is 0.164 e. The van der Waals surface area contributed by atoms with E-state index in [0.29, 0.717) is 30.6 Å². The highest BCUT2D eigenvalue weighted by atomic mass is 16.5. The quantitative estimate of drug-likeness (QED) is 0.0620. The molecule has 0 saturated heterocycles. The van der Waals surface area contributed by atoms with Crippen LogP contribution in [0.3, 0.4) is 0 Å². The van der Waals surface area contributed by atoms with Crippen LogP contribution in [0.4, 0.5) is 0 Å². The van der Waals surface area contributed by atoms with Crippen molar-refractivity contribution < 1.29 is 34.7 Å². The standard InChI is InChI=1S/C43H46N2O7/c1-51-40-19-28(10-12-37(40)47)23-43(27-46,24-30-15-17-45-26-30)41(50)22-39(49)34(18-29-14-16-44-25-29)20-33-11-13-38(48)42(52-2)36(33)21-32-8-5-7-31-6-3-4-9-35(31)32/h3-17,19,25-26,34,39,44-49H,18,20-24,27H2,1-2H3/t34-,39-,43-/m1/s1. The van der Waals surface area contributed by atoms with E-state index in [2.05, 4.69) is 34.2 Å². The number of Topliss-reactive ketones (excluding diaryl/α,β-unsaturated/α-hetero) is 1. The summed E-state index contributed by atoms with van der Waals surface area (Å²) in [5.74, 6) is -0.0128. The number of aromatic hydroxyl groups is 2. The lowest BCUT2D eigenvalue weighted by Crippen LogP contribution is -2.42. The number of hydrogen-bond donors (Lipinski definition) is 6. The summed E-state index contributed by atoms with van der Waals surface area (Å²) < 4.78 is 11.1. The zero-order valence-electron chi connectivity index (χ0n) is 29.5. The third kappa shape index (κ3) is 8.01. The Labute approximate surface area is 303 Å². The highest BCUT2D eigenvalue weighted by Gasteiger charge is 2.40. The SMILES string of the molecule is COc1cc(C[C@](CO)(Cc2cc[nH]c2)C(=O)C[C@@H](O)[C@H](Cc2cc[nH]c2)Cc2ccc(O)c(OC)c2Cc2cccc3ccccc23)ccc1O. The molecular weight excluding hydrogens is 656 g/mol. The van der Waals surface area contributed by atoms with E-state index in [1.165, 1.54) is 13.2 Å². The molecule has 4 aromatic carbocycles. The molecule has 0 aliphatic rings. The molecule has 270 valence electrons. The molecular formula is C43H46N2O7. The highest BCUT2D eigenvalue weighted by molar-refractivity contribution is 5.87. The van der Waals surface area contributed by atoms with Gasteiger partial charge in [0.2, 0.25) is 0 Å². The predicted octanol–water partition coefficient (Wildman–Crippen LogP) is 6.70. The van der Waals surface area contributed by atoms with Crippen molar-refractivity contribution in [3.8, 4) is 23.0 Å². The largest absolute Gasteiger partial charge is 0.504 e. The van der Waals surface area contributed by atoms with Crippen molar-refractivity contribution in [3.63, 3.8) is 0 Å². The van der Waals surface area contributed by atoms with E-state index in [1.807, 2.05) is 48.8 Å². The van der Waals surface area contributed by atoms with Gasteiger partial charge in [-0.25, -0.2) is 0 Å². The molecule has 0 spiro atoms. The maximum absolute atomic E-state index is 14.5. The molecule has 2 heterocycles. The van der Waals surface area contributed by atoms with E-state index in [0.717, 1.165) is 38.6 Å². The Bertz CT molecular complexity index is 2090. The Hall–Kier alpha value is -5.51. The van der Waals surface area contributed by atoms with Crippen molar-refractivity contribution >= 4 is 16.6 Å². The average molecular weight is 703 g/mol. The molecule has 0 fully saturated rings. The fourth-order valence-electron chi connectivity index (χ4n) is 7.44. The van der Waals surface area contributed by atoms with Crippen molar-refractivity contribution in [1.82, 2.24) is 9.97 Å². The number of aliphatic hydroxyl groups excluding tert-OH is 2. The van der Waals surface area contributed by atoms with E-state index in [9.17, 15) is 25.2 Å². The van der Waals surface area contributed by atoms with Crippen molar-refractivity contribution in [1.29, 1.82) is 0 Å². The molecule has 0 aliphatic carbocycles. The first kappa shape index (κ1) is 36.3. The van der Waals surface area contributed by atoms with Crippen LogP contribution >= 0.6 is 0 Å². The Morgan fingerprint density at radius 1 is 0.769 bits per heavy atom. The summed E-state index contributed by atoms with van der Waals surface area (Å²) in [5.41, 5.74) is 4.06. The van der Waals surface area contributed by atoms with Gasteiger partial charge in [0.1, 0.15) is 5.78 Å². The summed E-state index contributed by atoms with van der Waals surface area (Å²) in [6.45, 7) is -0.445. The second-order valence-corrected chi connectivity index (χ2v) is 13.7. The second-order valence-electron chi connectivity index (χ2n) is 13.7. The number of aromatic amines is 2. The molecule has 3 atom stereocenters. The Morgan fingerprint density at radius 3 is 2.19 bits per heavy atom. The zero-order valence-corrected chi connectivity index (χ0v) is 29.5. The summed E-state index contributed by atoms with van der Waals surface area (Å²) in [5, 5.41) is 46.4. The van der Waals surface area contributed by atoms with Gasteiger partial charge >= 0.3 is 0 Å². The molecule has 6 N–H and O–H groups in total. The van der Waals surface area contributed by atoms with E-state index in [-0.39, 0.29) is 42.3 Å². The van der Waals surface area contributed by atoms with Gasteiger partial charge in [-0.05, 0) is 101 Å². The Morgan fingerprint density at radius 2 is 1.48 bits per heavy atom. The van der Waals surface area contributed by atoms with E-state index in [4.69, 9.17) is 9.47 Å². The molecule has 0 unspecified atom stereocenters. The fraction of sp³-hybridized carbons (Fsp3) is 0.279. The topological polar surface area (TPSA) is 148 Å². The second kappa shape index (κ2) is 16.2. The lowest BCUT2D eigenvalue weighted by atomic mass is 9.71. The van der Waals surface area contributed by atoms with Crippen LogP contribution in [0, 0.1) is 11.3 Å². The number of carbonyl (C=O) groups excluding carboxylic acids is 1. The molecule has 6 rings (SSSR count). The Kier molecular flexibility index (Phi) is 11.3. The summed E-state index contributed by atoms with van der Waals surface area (Å²) >= 11 is 0. The number of methoxy groups -OCH3 is 2. The number of phenols is 2. The molecule has 9 heteroatoms. The summed E-state index contributed by atoms with van der Waals surface area (Å²) in [7, 11) is 3.00. The van der Waals surface area contributed by atoms with Crippen molar-refractivity contribution in [2.45, 2.75) is 44.6 Å². The van der Waals surface area contributed by atoms with Gasteiger partial charge in [-0.15, -0.1) is 0 Å². The molecule has 6 aromatic rings. The molecule has 0 bridgehead atoms. The number of nitrogens with one attached hydrogen (secondary N) is 2. The first-order valence-corrected chi connectivity index (χ1v) is 17.5. The van der Waals surface area contributed by atoms with Gasteiger partial charge in [-0.3, -0.25) is 4.79 Å². The number of hydrogen-bond acceptors (Lipinski definition) is 7. The lowest BCUT2D eigenvalue weighted by molar-refractivity contribution is -0.134. The van der Waals surface area contributed by atoms with Gasteiger partial charge < -0.3 is 39.9 Å². The molecule has 0 radical (unpaired) electrons. The van der Waals surface area contributed by atoms with Crippen LogP contribution in [-0.4, -0.2) is 63.1 Å². The normalized spacial score (nSPS) is 13.8. The minimum atomic E-state index is -1.26. The number of fused-ring (bicyclic) bond motifs is 1. The predicted molar refractivity (Wildman–Crippen MR) is 201 cm³/mol. The number of benzene rings is 4. The summed E-state index contributed by atoms with van der Waals surface area (Å²) in [6, 6.07) is 26.5. The van der Waals surface area contributed by atoms with E-state index >= 15 is 0 Å². The third-order valence-electron chi connectivity index (χ3n) is 10.3. The van der Waals surface area contributed by atoms with Gasteiger partial charge in [0, 0.05) is 43.2 Å². The van der Waals surface area contributed by atoms with Crippen LogP contribution in [0.2, 0.25) is 0 Å². The summed E-state index contributed by atoms with van der Waals surface area (Å²) in [6.07, 6.45) is 7.81. The number of aliphatic hydroxyl groups is 2. The number of ether oxygens (including phenoxy) is 2. The summed E-state index contributed by atoms with van der Waals surface area (Å²) in [4.78, 5) is 20.7. The molecule has 0 aliphatic heterocycles. The first-order chi connectivity index (χ1) is 25.2. The minimum Gasteiger partial charge on any atom is -0.504 e. The van der Waals surface area contributed by atoms with Crippen LogP contribution in [-0.2, 0) is 36.9 Å². The maximum atomic E-state index is 14.5. The molecule has 0 saturated carbocycles. The number of ketones is 1. The van der Waals surface area contributed by atoms with Crippen LogP contribution in [0.5, 0.6) is 23.0 Å². The monoisotopic (exact) mass is 702 g/mol. The Balaban J connectivity index is 1.34. The maximum Gasteiger partial charge on any atom is 0.164 e. The molecule has 2 aromatic heterocycles. The highest BCUT2D eigenvalue weighted by Crippen LogP contribution is 2.39. The third-order valence-corrected chi connectivity index (χ3v) is 10.3. The number of aromatic nitrogens is 2. The van der Waals surface area contributed by atoms with E-state index in [1.54, 1.807) is 37.7 Å². The van der Waals surface area contributed by atoms with Gasteiger partial charge in [0.15, 0.2) is 23.0 Å². The van der Waals surface area contributed by atoms with Crippen molar-refractivity contribution in [3.05, 3.63) is 143 Å². The van der Waals surface area contributed by atoms with Crippen molar-refractivity contribution in [2.24, 2.45) is 11.3 Å². The van der Waals surface area contributed by atoms with Gasteiger partial charge in [-0.2, -0.15) is 0 Å². The number of phenolic OH excluding ortho intramolecular Hbond substituents is 2. The van der Waals surface area contributed by atoms with Gasteiger partial charge in [0.05, 0.1) is 32.3 Å². The van der Waals surface area contributed by atoms with Crippen molar-refractivity contribution in [2.75, 3.05) is 20.8 Å². The molecule has 52 heavy (non-hydrogen) atoms. The van der Waals surface area contributed by atoms with Gasteiger partial charge in [-0.1, -0.05) is 54.6 Å². The molecule has 9 nitrogen and oxygen atoms in total. The van der Waals surface area contributed by atoms with Crippen LogP contribution in [0.15, 0.2) is 110 Å². The number of carbonyl (C=O) groups is 1.